The minimum absolute atomic E-state index is 0.0968. The number of carbonyl (C=O) groups excluding carboxylic acids is 1. The topological polar surface area (TPSA) is 46.5 Å². The lowest BCUT2D eigenvalue weighted by atomic mass is 9.76. The Labute approximate surface area is 110 Å². The van der Waals surface area contributed by atoms with Gasteiger partial charge in [-0.3, -0.25) is 4.79 Å². The van der Waals surface area contributed by atoms with Gasteiger partial charge in [-0.15, -0.1) is 0 Å². The van der Waals surface area contributed by atoms with Crippen molar-refractivity contribution in [3.05, 3.63) is 34.9 Å². The molecule has 5 heteroatoms. The second-order valence-corrected chi connectivity index (χ2v) is 5.00. The van der Waals surface area contributed by atoms with Crippen molar-refractivity contribution < 1.29 is 23.4 Å². The van der Waals surface area contributed by atoms with Crippen LogP contribution in [0.4, 0.5) is 8.78 Å². The lowest BCUT2D eigenvalue weighted by molar-refractivity contribution is -0.147. The van der Waals surface area contributed by atoms with Gasteiger partial charge in [-0.25, -0.2) is 8.78 Å². The molecule has 0 unspecified atom stereocenters. The number of carbonyl (C=O) groups is 1. The molecule has 2 atom stereocenters. The standard InChI is InChI=1S/C14H16F2O3/c1-8-10(3-4-11(15)12(8)16)14(13(18)19-2)6-5-9(17)7-14/h3-4,9,17H,5-7H2,1-2H3/t9-,14-/m0/s1. The number of aliphatic hydroxyl groups excluding tert-OH is 1. The van der Waals surface area contributed by atoms with Crippen molar-refractivity contribution >= 4 is 5.97 Å². The number of rotatable bonds is 2. The van der Waals surface area contributed by atoms with Crippen LogP contribution in [0.15, 0.2) is 12.1 Å². The van der Waals surface area contributed by atoms with Crippen LogP contribution in [0.2, 0.25) is 0 Å². The molecule has 3 nitrogen and oxygen atoms in total. The van der Waals surface area contributed by atoms with Crippen LogP contribution in [0.3, 0.4) is 0 Å². The molecule has 1 N–H and O–H groups in total. The maximum Gasteiger partial charge on any atom is 0.316 e. The Balaban J connectivity index is 2.57. The molecule has 0 heterocycles. The van der Waals surface area contributed by atoms with Crippen LogP contribution in [0, 0.1) is 18.6 Å². The molecule has 104 valence electrons. The molecule has 19 heavy (non-hydrogen) atoms. The normalized spacial score (nSPS) is 26.5. The summed E-state index contributed by atoms with van der Waals surface area (Å²) >= 11 is 0. The molecule has 1 aromatic rings. The molecule has 0 radical (unpaired) electrons. The van der Waals surface area contributed by atoms with Gasteiger partial charge < -0.3 is 9.84 Å². The van der Waals surface area contributed by atoms with Crippen molar-refractivity contribution in [3.63, 3.8) is 0 Å². The van der Waals surface area contributed by atoms with Crippen LogP contribution >= 0.6 is 0 Å². The van der Waals surface area contributed by atoms with E-state index in [9.17, 15) is 18.7 Å². The lowest BCUT2D eigenvalue weighted by Gasteiger charge is -2.28. The molecule has 1 aliphatic rings. The quantitative estimate of drug-likeness (QED) is 0.838. The van der Waals surface area contributed by atoms with E-state index in [1.54, 1.807) is 0 Å². The van der Waals surface area contributed by atoms with Crippen molar-refractivity contribution in [3.8, 4) is 0 Å². The highest BCUT2D eigenvalue weighted by Gasteiger charge is 2.48. The second-order valence-electron chi connectivity index (χ2n) is 5.00. The Hall–Kier alpha value is -1.49. The summed E-state index contributed by atoms with van der Waals surface area (Å²) in [6.07, 6.45) is 0.345. The first kappa shape index (κ1) is 13.9. The number of aliphatic hydroxyl groups is 1. The average molecular weight is 270 g/mol. The van der Waals surface area contributed by atoms with Gasteiger partial charge in [-0.1, -0.05) is 6.07 Å². The number of esters is 1. The van der Waals surface area contributed by atoms with Gasteiger partial charge in [0.25, 0.3) is 0 Å². The largest absolute Gasteiger partial charge is 0.468 e. The third-order valence-corrected chi connectivity index (χ3v) is 3.92. The van der Waals surface area contributed by atoms with Gasteiger partial charge in [0.1, 0.15) is 0 Å². The fourth-order valence-corrected chi connectivity index (χ4v) is 2.93. The zero-order valence-electron chi connectivity index (χ0n) is 10.9. The predicted molar refractivity (Wildman–Crippen MR) is 64.6 cm³/mol. The number of hydrogen-bond donors (Lipinski definition) is 1. The van der Waals surface area contributed by atoms with Gasteiger partial charge in [-0.05, 0) is 43.4 Å². The SMILES string of the molecule is COC(=O)[C@@]1(c2ccc(F)c(F)c2C)CC[C@H](O)C1. The van der Waals surface area contributed by atoms with Crippen molar-refractivity contribution in [1.82, 2.24) is 0 Å². The summed E-state index contributed by atoms with van der Waals surface area (Å²) in [6.45, 7) is 1.43. The number of benzene rings is 1. The lowest BCUT2D eigenvalue weighted by Crippen LogP contribution is -2.36. The fraction of sp³-hybridized carbons (Fsp3) is 0.500. The molecule has 0 amide bonds. The van der Waals surface area contributed by atoms with Crippen LogP contribution in [-0.2, 0) is 14.9 Å². The molecule has 1 saturated carbocycles. The van der Waals surface area contributed by atoms with E-state index in [0.29, 0.717) is 18.4 Å². The summed E-state index contributed by atoms with van der Waals surface area (Å²) in [6, 6.07) is 2.41. The fourth-order valence-electron chi connectivity index (χ4n) is 2.93. The molecule has 1 aliphatic carbocycles. The van der Waals surface area contributed by atoms with Crippen molar-refractivity contribution in [2.24, 2.45) is 0 Å². The first-order valence-corrected chi connectivity index (χ1v) is 6.14. The molecule has 0 bridgehead atoms. The van der Waals surface area contributed by atoms with Gasteiger partial charge in [-0.2, -0.15) is 0 Å². The molecule has 2 rings (SSSR count). The number of halogens is 2. The molecule has 0 aliphatic heterocycles. The van der Waals surface area contributed by atoms with E-state index >= 15 is 0 Å². The Kier molecular flexibility index (Phi) is 3.58. The monoisotopic (exact) mass is 270 g/mol. The summed E-state index contributed by atoms with van der Waals surface area (Å²) in [5.74, 6) is -2.42. The van der Waals surface area contributed by atoms with E-state index in [2.05, 4.69) is 0 Å². The minimum Gasteiger partial charge on any atom is -0.468 e. The number of methoxy groups -OCH3 is 1. The minimum atomic E-state index is -1.08. The van der Waals surface area contributed by atoms with Crippen molar-refractivity contribution in [2.45, 2.75) is 37.7 Å². The molecule has 0 aromatic heterocycles. The Morgan fingerprint density at radius 1 is 1.47 bits per heavy atom. The van der Waals surface area contributed by atoms with E-state index in [1.807, 2.05) is 0 Å². The Bertz CT molecular complexity index is 516. The highest BCUT2D eigenvalue weighted by Crippen LogP contribution is 2.44. The van der Waals surface area contributed by atoms with E-state index in [4.69, 9.17) is 4.74 Å². The molecule has 1 fully saturated rings. The molecule has 0 saturated heterocycles. The van der Waals surface area contributed by atoms with Gasteiger partial charge in [0, 0.05) is 0 Å². The van der Waals surface area contributed by atoms with Crippen LogP contribution in [0.5, 0.6) is 0 Å². The van der Waals surface area contributed by atoms with E-state index < -0.39 is 29.1 Å². The third-order valence-electron chi connectivity index (χ3n) is 3.92. The van der Waals surface area contributed by atoms with Gasteiger partial charge in [0.05, 0.1) is 18.6 Å². The van der Waals surface area contributed by atoms with Gasteiger partial charge in [0.2, 0.25) is 0 Å². The Morgan fingerprint density at radius 3 is 2.68 bits per heavy atom. The summed E-state index contributed by atoms with van der Waals surface area (Å²) in [4.78, 5) is 12.1. The first-order chi connectivity index (χ1) is 8.92. The summed E-state index contributed by atoms with van der Waals surface area (Å²) in [7, 11) is 1.25. The highest BCUT2D eigenvalue weighted by atomic mass is 19.2. The summed E-state index contributed by atoms with van der Waals surface area (Å²) in [5, 5.41) is 9.71. The van der Waals surface area contributed by atoms with E-state index in [-0.39, 0.29) is 12.0 Å². The molecule has 0 spiro atoms. The van der Waals surface area contributed by atoms with Gasteiger partial charge >= 0.3 is 5.97 Å². The molecule has 1 aromatic carbocycles. The van der Waals surface area contributed by atoms with Crippen LogP contribution in [-0.4, -0.2) is 24.3 Å². The number of ether oxygens (including phenoxy) is 1. The maximum absolute atomic E-state index is 13.7. The van der Waals surface area contributed by atoms with Crippen LogP contribution in [0.25, 0.3) is 0 Å². The Morgan fingerprint density at radius 2 is 2.16 bits per heavy atom. The maximum atomic E-state index is 13.7. The molecular weight excluding hydrogens is 254 g/mol. The zero-order valence-corrected chi connectivity index (χ0v) is 10.9. The van der Waals surface area contributed by atoms with Crippen molar-refractivity contribution in [1.29, 1.82) is 0 Å². The smallest absolute Gasteiger partial charge is 0.316 e. The van der Waals surface area contributed by atoms with E-state index in [1.165, 1.54) is 20.1 Å². The summed E-state index contributed by atoms with van der Waals surface area (Å²) in [5.41, 5.74) is -0.582. The molecular formula is C14H16F2O3. The van der Waals surface area contributed by atoms with E-state index in [0.717, 1.165) is 6.07 Å². The highest BCUT2D eigenvalue weighted by molar-refractivity contribution is 5.84. The van der Waals surface area contributed by atoms with Gasteiger partial charge in [0.15, 0.2) is 11.6 Å². The number of hydrogen-bond acceptors (Lipinski definition) is 3. The average Bonchev–Trinajstić information content (AvgIpc) is 2.78. The van der Waals surface area contributed by atoms with Crippen molar-refractivity contribution in [2.75, 3.05) is 7.11 Å². The van der Waals surface area contributed by atoms with Crippen LogP contribution < -0.4 is 0 Å². The predicted octanol–water partition coefficient (Wildman–Crippen LogP) is 2.23. The third kappa shape index (κ3) is 2.12. The summed E-state index contributed by atoms with van der Waals surface area (Å²) < 4.78 is 31.7. The van der Waals surface area contributed by atoms with Crippen LogP contribution in [0.1, 0.15) is 30.4 Å². The second kappa shape index (κ2) is 4.89. The zero-order chi connectivity index (χ0) is 14.2. The first-order valence-electron chi connectivity index (χ1n) is 6.14.